The first-order valence-corrected chi connectivity index (χ1v) is 9.05. The minimum atomic E-state index is -0.452. The van der Waals surface area contributed by atoms with E-state index < -0.39 is 4.92 Å². The molecular formula is C16H20N2O4S. The molecule has 2 heterocycles. The van der Waals surface area contributed by atoms with E-state index >= 15 is 0 Å². The van der Waals surface area contributed by atoms with Crippen LogP contribution >= 0.6 is 11.8 Å². The summed E-state index contributed by atoms with van der Waals surface area (Å²) in [7, 11) is 0. The highest BCUT2D eigenvalue weighted by Crippen LogP contribution is 2.26. The van der Waals surface area contributed by atoms with Gasteiger partial charge in [0.1, 0.15) is 0 Å². The summed E-state index contributed by atoms with van der Waals surface area (Å²) in [6.45, 7) is 1.38. The van der Waals surface area contributed by atoms with Gasteiger partial charge in [0.2, 0.25) is 0 Å². The average molecular weight is 336 g/mol. The first kappa shape index (κ1) is 16.3. The minimum absolute atomic E-state index is 0.00338. The van der Waals surface area contributed by atoms with Crippen LogP contribution in [0.1, 0.15) is 29.6 Å². The zero-order chi connectivity index (χ0) is 16.2. The van der Waals surface area contributed by atoms with Crippen LogP contribution in [0, 0.1) is 10.1 Å². The summed E-state index contributed by atoms with van der Waals surface area (Å²) in [6.07, 6.45) is 3.14. The second kappa shape index (κ2) is 7.31. The van der Waals surface area contributed by atoms with Crippen molar-refractivity contribution in [3.05, 3.63) is 39.9 Å². The number of non-ortho nitro benzene ring substituents is 1. The molecule has 0 N–H and O–H groups in total. The Kier molecular flexibility index (Phi) is 5.17. The lowest BCUT2D eigenvalue weighted by molar-refractivity contribution is -0.384. The van der Waals surface area contributed by atoms with Gasteiger partial charge in [0.25, 0.3) is 11.6 Å². The van der Waals surface area contributed by atoms with Crippen molar-refractivity contribution in [2.24, 2.45) is 0 Å². The van der Waals surface area contributed by atoms with Crippen LogP contribution in [0.4, 0.5) is 5.69 Å². The molecule has 2 fully saturated rings. The second-order valence-corrected chi connectivity index (χ2v) is 7.06. The summed E-state index contributed by atoms with van der Waals surface area (Å²) in [5, 5.41) is 10.7. The molecule has 0 radical (unpaired) electrons. The number of nitrogens with zero attached hydrogens (tertiary/aromatic N) is 2. The summed E-state index contributed by atoms with van der Waals surface area (Å²) in [4.78, 5) is 25.1. The molecule has 0 spiro atoms. The van der Waals surface area contributed by atoms with Crippen molar-refractivity contribution in [1.29, 1.82) is 0 Å². The maximum atomic E-state index is 12.9. The maximum absolute atomic E-state index is 12.9. The van der Waals surface area contributed by atoms with Gasteiger partial charge in [-0.2, -0.15) is 11.8 Å². The molecule has 3 rings (SSSR count). The number of amides is 1. The average Bonchev–Trinajstić information content (AvgIpc) is 3.25. The first-order chi connectivity index (χ1) is 11.1. The number of ether oxygens (including phenoxy) is 1. The van der Waals surface area contributed by atoms with E-state index in [1.165, 1.54) is 12.1 Å². The lowest BCUT2D eigenvalue weighted by atomic mass is 10.1. The third-order valence-electron chi connectivity index (χ3n) is 4.36. The lowest BCUT2D eigenvalue weighted by Crippen LogP contribution is -2.44. The van der Waals surface area contributed by atoms with Crippen LogP contribution in [-0.2, 0) is 4.74 Å². The van der Waals surface area contributed by atoms with Gasteiger partial charge in [-0.3, -0.25) is 14.9 Å². The molecule has 6 nitrogen and oxygen atoms in total. The van der Waals surface area contributed by atoms with Crippen molar-refractivity contribution in [2.45, 2.75) is 31.4 Å². The molecule has 0 saturated carbocycles. The largest absolute Gasteiger partial charge is 0.376 e. The van der Waals surface area contributed by atoms with Gasteiger partial charge >= 0.3 is 0 Å². The van der Waals surface area contributed by atoms with Gasteiger partial charge in [-0.25, -0.2) is 0 Å². The van der Waals surface area contributed by atoms with Crippen molar-refractivity contribution in [3.8, 4) is 0 Å². The molecule has 2 atom stereocenters. The maximum Gasteiger partial charge on any atom is 0.269 e. The standard InChI is InChI=1S/C16H20N2O4S/c19-16(12-3-5-13(6-4-12)18(20)21)17(14-7-9-23-11-14)10-15-2-1-8-22-15/h3-6,14-15H,1-2,7-11H2/t14-,15+/m1/s1. The van der Waals surface area contributed by atoms with Crippen molar-refractivity contribution >= 4 is 23.4 Å². The highest BCUT2D eigenvalue weighted by molar-refractivity contribution is 7.99. The molecule has 0 aliphatic carbocycles. The van der Waals surface area contributed by atoms with Crippen LogP contribution in [0.15, 0.2) is 24.3 Å². The van der Waals surface area contributed by atoms with Crippen molar-refractivity contribution in [2.75, 3.05) is 24.7 Å². The Bertz CT molecular complexity index is 566. The Balaban J connectivity index is 1.76. The third-order valence-corrected chi connectivity index (χ3v) is 5.50. The molecule has 2 saturated heterocycles. The quantitative estimate of drug-likeness (QED) is 0.610. The van der Waals surface area contributed by atoms with Gasteiger partial charge in [0, 0.05) is 42.6 Å². The predicted octanol–water partition coefficient (Wildman–Crippen LogP) is 2.72. The molecule has 2 aliphatic heterocycles. The van der Waals surface area contributed by atoms with E-state index in [9.17, 15) is 14.9 Å². The van der Waals surface area contributed by atoms with Gasteiger partial charge in [-0.1, -0.05) is 0 Å². The van der Waals surface area contributed by atoms with Crippen LogP contribution in [0.25, 0.3) is 0 Å². The molecule has 124 valence electrons. The number of carbonyl (C=O) groups excluding carboxylic acids is 1. The van der Waals surface area contributed by atoms with E-state index in [-0.39, 0.29) is 23.7 Å². The Labute approximate surface area is 139 Å². The van der Waals surface area contributed by atoms with E-state index in [0.717, 1.165) is 37.4 Å². The monoisotopic (exact) mass is 336 g/mol. The first-order valence-electron chi connectivity index (χ1n) is 7.90. The van der Waals surface area contributed by atoms with Gasteiger partial charge in [-0.05, 0) is 37.1 Å². The fourth-order valence-electron chi connectivity index (χ4n) is 3.06. The number of carbonyl (C=O) groups is 1. The zero-order valence-electron chi connectivity index (χ0n) is 12.8. The van der Waals surface area contributed by atoms with E-state index in [1.54, 1.807) is 12.1 Å². The van der Waals surface area contributed by atoms with E-state index in [4.69, 9.17) is 4.74 Å². The minimum Gasteiger partial charge on any atom is -0.376 e. The Hall–Kier alpha value is -1.60. The molecule has 7 heteroatoms. The van der Waals surface area contributed by atoms with E-state index in [2.05, 4.69) is 0 Å². The SMILES string of the molecule is O=C(c1ccc([N+](=O)[O-])cc1)N(C[C@@H]1CCCO1)[C@@H]1CCSC1. The molecule has 0 bridgehead atoms. The number of hydrogen-bond donors (Lipinski definition) is 0. The van der Waals surface area contributed by atoms with Gasteiger partial charge in [0.05, 0.1) is 11.0 Å². The highest BCUT2D eigenvalue weighted by atomic mass is 32.2. The molecule has 0 aromatic heterocycles. The second-order valence-electron chi connectivity index (χ2n) is 5.91. The number of hydrogen-bond acceptors (Lipinski definition) is 5. The highest BCUT2D eigenvalue weighted by Gasteiger charge is 2.31. The number of nitro groups is 1. The van der Waals surface area contributed by atoms with Crippen LogP contribution in [0.5, 0.6) is 0 Å². The zero-order valence-corrected chi connectivity index (χ0v) is 13.7. The normalized spacial score (nSPS) is 23.8. The number of benzene rings is 1. The van der Waals surface area contributed by atoms with Crippen molar-refractivity contribution in [1.82, 2.24) is 4.90 Å². The fourth-order valence-corrected chi connectivity index (χ4v) is 4.29. The fraction of sp³-hybridized carbons (Fsp3) is 0.562. The summed E-state index contributed by atoms with van der Waals surface area (Å²) < 4.78 is 5.69. The van der Waals surface area contributed by atoms with Gasteiger partial charge < -0.3 is 9.64 Å². The smallest absolute Gasteiger partial charge is 0.269 e. The number of thioether (sulfide) groups is 1. The van der Waals surface area contributed by atoms with Crippen molar-refractivity contribution < 1.29 is 14.5 Å². The molecular weight excluding hydrogens is 316 g/mol. The third kappa shape index (κ3) is 3.84. The van der Waals surface area contributed by atoms with Crippen LogP contribution in [0.3, 0.4) is 0 Å². The molecule has 0 unspecified atom stereocenters. The molecule has 1 aromatic carbocycles. The van der Waals surface area contributed by atoms with E-state index in [0.29, 0.717) is 12.1 Å². The Morgan fingerprint density at radius 3 is 2.70 bits per heavy atom. The van der Waals surface area contributed by atoms with Crippen LogP contribution in [-0.4, -0.2) is 52.5 Å². The van der Waals surface area contributed by atoms with Crippen LogP contribution < -0.4 is 0 Å². The molecule has 1 amide bonds. The summed E-state index contributed by atoms with van der Waals surface area (Å²) in [6, 6.07) is 6.10. The summed E-state index contributed by atoms with van der Waals surface area (Å²) in [5.41, 5.74) is 0.508. The topological polar surface area (TPSA) is 72.7 Å². The van der Waals surface area contributed by atoms with Crippen molar-refractivity contribution in [3.63, 3.8) is 0 Å². The van der Waals surface area contributed by atoms with Crippen LogP contribution in [0.2, 0.25) is 0 Å². The molecule has 2 aliphatic rings. The predicted molar refractivity (Wildman–Crippen MR) is 88.8 cm³/mol. The molecule has 23 heavy (non-hydrogen) atoms. The summed E-state index contributed by atoms with van der Waals surface area (Å²) in [5.74, 6) is 1.97. The van der Waals surface area contributed by atoms with Gasteiger partial charge in [-0.15, -0.1) is 0 Å². The summed E-state index contributed by atoms with van der Waals surface area (Å²) >= 11 is 1.86. The van der Waals surface area contributed by atoms with E-state index in [1.807, 2.05) is 16.7 Å². The number of nitro benzene ring substituents is 1. The lowest BCUT2D eigenvalue weighted by Gasteiger charge is -2.30. The number of rotatable bonds is 5. The molecule has 1 aromatic rings. The Morgan fingerprint density at radius 1 is 1.35 bits per heavy atom. The van der Waals surface area contributed by atoms with Gasteiger partial charge in [0.15, 0.2) is 0 Å². The Morgan fingerprint density at radius 2 is 2.13 bits per heavy atom.